The van der Waals surface area contributed by atoms with Gasteiger partial charge in [0.2, 0.25) is 0 Å². The maximum absolute atomic E-state index is 13.5. The monoisotopic (exact) mass is 352 g/mol. The third kappa shape index (κ3) is 6.19. The summed E-state index contributed by atoms with van der Waals surface area (Å²) in [5.41, 5.74) is 0. The maximum Gasteiger partial charge on any atom is 0.191 e. The summed E-state index contributed by atoms with van der Waals surface area (Å²) in [4.78, 5) is 10.4. The number of nitrogens with zero attached hydrogens (tertiary/aromatic N) is 2. The van der Waals surface area contributed by atoms with Gasteiger partial charge in [0.15, 0.2) is 5.96 Å². The third-order valence-corrected chi connectivity index (χ3v) is 5.04. The lowest BCUT2D eigenvalue weighted by atomic mass is 10.3. The first-order chi connectivity index (χ1) is 11.2. The summed E-state index contributed by atoms with van der Waals surface area (Å²) >= 11 is 3.21. The maximum atomic E-state index is 13.5. The molecule has 0 aliphatic heterocycles. The number of aromatic nitrogens is 1. The predicted octanol–water partition coefficient (Wildman–Crippen LogP) is 3.09. The van der Waals surface area contributed by atoms with Gasteiger partial charge in [-0.05, 0) is 19.1 Å². The molecule has 124 valence electrons. The molecule has 2 aromatic rings. The van der Waals surface area contributed by atoms with Gasteiger partial charge in [-0.25, -0.2) is 9.37 Å². The van der Waals surface area contributed by atoms with Crippen molar-refractivity contribution in [1.82, 2.24) is 15.6 Å². The lowest BCUT2D eigenvalue weighted by Crippen LogP contribution is -2.39. The molecule has 23 heavy (non-hydrogen) atoms. The summed E-state index contributed by atoms with van der Waals surface area (Å²) in [6, 6.07) is 6.83. The molecule has 0 radical (unpaired) electrons. The van der Waals surface area contributed by atoms with Crippen LogP contribution in [0.2, 0.25) is 0 Å². The van der Waals surface area contributed by atoms with Crippen LogP contribution in [-0.2, 0) is 6.42 Å². The fourth-order valence-corrected chi connectivity index (χ4v) is 3.51. The van der Waals surface area contributed by atoms with Crippen molar-refractivity contribution in [3.8, 4) is 0 Å². The van der Waals surface area contributed by atoms with Crippen LogP contribution in [0.3, 0.4) is 0 Å². The van der Waals surface area contributed by atoms with Crippen LogP contribution in [0, 0.1) is 12.7 Å². The fourth-order valence-electron chi connectivity index (χ4n) is 1.92. The summed E-state index contributed by atoms with van der Waals surface area (Å²) < 4.78 is 13.5. The molecule has 7 heteroatoms. The van der Waals surface area contributed by atoms with E-state index in [1.165, 1.54) is 22.7 Å². The SMILES string of the molecule is CN=C(NCCSc1ccccc1F)NCCc1ncc(C)s1. The molecule has 1 aromatic heterocycles. The number of nitrogens with one attached hydrogen (secondary N) is 2. The smallest absolute Gasteiger partial charge is 0.191 e. The van der Waals surface area contributed by atoms with E-state index in [-0.39, 0.29) is 5.82 Å². The van der Waals surface area contributed by atoms with Gasteiger partial charge in [0, 0.05) is 48.3 Å². The van der Waals surface area contributed by atoms with Crippen molar-refractivity contribution in [2.75, 3.05) is 25.9 Å². The largest absolute Gasteiger partial charge is 0.356 e. The molecular formula is C16H21FN4S2. The number of hydrogen-bond donors (Lipinski definition) is 2. The molecule has 0 amide bonds. The highest BCUT2D eigenvalue weighted by atomic mass is 32.2. The standard InChI is InChI=1S/C16H21FN4S2/c1-12-11-21-15(23-12)7-8-19-16(18-2)20-9-10-22-14-6-4-3-5-13(14)17/h3-6,11H,7-10H2,1-2H3,(H2,18,19,20). The topological polar surface area (TPSA) is 49.3 Å². The summed E-state index contributed by atoms with van der Waals surface area (Å²) in [7, 11) is 1.74. The Morgan fingerprint density at radius 1 is 1.30 bits per heavy atom. The van der Waals surface area contributed by atoms with E-state index >= 15 is 0 Å². The number of thioether (sulfide) groups is 1. The second-order valence-electron chi connectivity index (χ2n) is 4.82. The first kappa shape index (κ1) is 17.7. The van der Waals surface area contributed by atoms with Gasteiger partial charge in [-0.2, -0.15) is 0 Å². The lowest BCUT2D eigenvalue weighted by molar-refractivity contribution is 0.602. The highest BCUT2D eigenvalue weighted by Crippen LogP contribution is 2.20. The summed E-state index contributed by atoms with van der Waals surface area (Å²) in [6.07, 6.45) is 2.77. The molecule has 1 aromatic carbocycles. The first-order valence-electron chi connectivity index (χ1n) is 7.42. The molecule has 0 bridgehead atoms. The molecule has 0 unspecified atom stereocenters. The predicted molar refractivity (Wildman–Crippen MR) is 97.0 cm³/mol. The molecule has 0 spiro atoms. The van der Waals surface area contributed by atoms with Gasteiger partial charge >= 0.3 is 0 Å². The van der Waals surface area contributed by atoms with Crippen LogP contribution in [0.5, 0.6) is 0 Å². The number of thiazole rings is 1. The molecule has 1 heterocycles. The Kier molecular flexibility index (Phi) is 7.35. The minimum absolute atomic E-state index is 0.168. The zero-order valence-corrected chi connectivity index (χ0v) is 14.9. The Balaban J connectivity index is 1.64. The van der Waals surface area contributed by atoms with Crippen LogP contribution in [0.15, 0.2) is 40.4 Å². The number of benzene rings is 1. The van der Waals surface area contributed by atoms with Gasteiger partial charge < -0.3 is 10.6 Å². The van der Waals surface area contributed by atoms with E-state index in [2.05, 4.69) is 27.5 Å². The van der Waals surface area contributed by atoms with Crippen molar-refractivity contribution in [3.63, 3.8) is 0 Å². The number of aryl methyl sites for hydroxylation is 1. The average Bonchev–Trinajstić information content (AvgIpc) is 2.96. The van der Waals surface area contributed by atoms with Gasteiger partial charge in [-0.1, -0.05) is 12.1 Å². The Hall–Kier alpha value is -1.60. The number of aliphatic imine (C=N–C) groups is 1. The molecular weight excluding hydrogens is 331 g/mol. The Morgan fingerprint density at radius 2 is 2.09 bits per heavy atom. The molecule has 2 N–H and O–H groups in total. The van der Waals surface area contributed by atoms with Crippen LogP contribution in [0.4, 0.5) is 4.39 Å². The van der Waals surface area contributed by atoms with E-state index in [4.69, 9.17) is 0 Å². The van der Waals surface area contributed by atoms with Gasteiger partial charge in [-0.3, -0.25) is 4.99 Å². The van der Waals surface area contributed by atoms with Gasteiger partial charge in [0.05, 0.1) is 5.01 Å². The molecule has 2 rings (SSSR count). The number of rotatable bonds is 7. The summed E-state index contributed by atoms with van der Waals surface area (Å²) in [5.74, 6) is 1.36. The Morgan fingerprint density at radius 3 is 2.78 bits per heavy atom. The van der Waals surface area contributed by atoms with E-state index in [9.17, 15) is 4.39 Å². The molecule has 0 fully saturated rings. The highest BCUT2D eigenvalue weighted by molar-refractivity contribution is 7.99. The van der Waals surface area contributed by atoms with Crippen LogP contribution in [-0.4, -0.2) is 36.8 Å². The van der Waals surface area contributed by atoms with Crippen molar-refractivity contribution in [1.29, 1.82) is 0 Å². The van der Waals surface area contributed by atoms with Crippen LogP contribution < -0.4 is 10.6 Å². The van der Waals surface area contributed by atoms with E-state index in [1.807, 2.05) is 12.3 Å². The molecule has 0 saturated carbocycles. The third-order valence-electron chi connectivity index (χ3n) is 3.01. The van der Waals surface area contributed by atoms with Crippen molar-refractivity contribution < 1.29 is 4.39 Å². The van der Waals surface area contributed by atoms with Crippen molar-refractivity contribution in [2.24, 2.45) is 4.99 Å². The summed E-state index contributed by atoms with van der Waals surface area (Å²) in [5, 5.41) is 7.61. The lowest BCUT2D eigenvalue weighted by Gasteiger charge is -2.11. The second kappa shape index (κ2) is 9.52. The average molecular weight is 353 g/mol. The quantitative estimate of drug-likeness (QED) is 0.348. The Labute approximate surface area is 144 Å². The van der Waals surface area contributed by atoms with Crippen LogP contribution in [0.25, 0.3) is 0 Å². The van der Waals surface area contributed by atoms with Crippen LogP contribution in [0.1, 0.15) is 9.88 Å². The Bertz CT molecular complexity index is 643. The molecule has 0 aliphatic carbocycles. The van der Waals surface area contributed by atoms with Crippen LogP contribution >= 0.6 is 23.1 Å². The molecule has 4 nitrogen and oxygen atoms in total. The van der Waals surface area contributed by atoms with Crippen molar-refractivity contribution in [3.05, 3.63) is 46.2 Å². The first-order valence-corrected chi connectivity index (χ1v) is 9.22. The van der Waals surface area contributed by atoms with E-state index < -0.39 is 0 Å². The van der Waals surface area contributed by atoms with Gasteiger partial charge in [0.1, 0.15) is 5.82 Å². The number of guanidine groups is 1. The zero-order chi connectivity index (χ0) is 16.5. The number of hydrogen-bond acceptors (Lipinski definition) is 4. The minimum Gasteiger partial charge on any atom is -0.356 e. The van der Waals surface area contributed by atoms with Gasteiger partial charge in [0.25, 0.3) is 0 Å². The van der Waals surface area contributed by atoms with Gasteiger partial charge in [-0.15, -0.1) is 23.1 Å². The molecule has 0 aliphatic rings. The fraction of sp³-hybridized carbons (Fsp3) is 0.375. The zero-order valence-electron chi connectivity index (χ0n) is 13.3. The van der Waals surface area contributed by atoms with Crippen molar-refractivity contribution >= 4 is 29.1 Å². The van der Waals surface area contributed by atoms with E-state index in [1.54, 1.807) is 30.5 Å². The number of halogens is 1. The highest BCUT2D eigenvalue weighted by Gasteiger charge is 2.03. The second-order valence-corrected chi connectivity index (χ2v) is 7.28. The van der Waals surface area contributed by atoms with E-state index in [0.717, 1.165) is 36.2 Å². The minimum atomic E-state index is -0.168. The molecule has 0 saturated heterocycles. The summed E-state index contributed by atoms with van der Waals surface area (Å²) in [6.45, 7) is 3.56. The molecule has 0 atom stereocenters. The van der Waals surface area contributed by atoms with Crippen molar-refractivity contribution in [2.45, 2.75) is 18.2 Å². The van der Waals surface area contributed by atoms with E-state index in [0.29, 0.717) is 4.90 Å². The normalized spacial score (nSPS) is 11.5.